The van der Waals surface area contributed by atoms with Crippen LogP contribution in [0.2, 0.25) is 0 Å². The normalized spacial score (nSPS) is 12.9. The Labute approximate surface area is 263 Å². The SMILES string of the molecule is COC(=O)c1cc(N)c(NC/C=C/CNc2c(N)cc(C(N)=O)cc2OCC#CCC2CN(C(=O)OC(C)(C)C)C2)c(OC)c1. The molecule has 1 aliphatic rings. The van der Waals surface area contributed by atoms with Gasteiger partial charge in [0, 0.05) is 44.1 Å². The van der Waals surface area contributed by atoms with Crippen LogP contribution in [0.5, 0.6) is 11.5 Å². The van der Waals surface area contributed by atoms with Gasteiger partial charge < -0.3 is 51.7 Å². The van der Waals surface area contributed by atoms with Gasteiger partial charge in [0.1, 0.15) is 35.1 Å². The Morgan fingerprint density at radius 3 is 2.07 bits per heavy atom. The summed E-state index contributed by atoms with van der Waals surface area (Å²) in [5.74, 6) is 5.93. The molecule has 0 aromatic heterocycles. The van der Waals surface area contributed by atoms with E-state index >= 15 is 0 Å². The molecule has 0 radical (unpaired) electrons. The first kappa shape index (κ1) is 34.2. The van der Waals surface area contributed by atoms with Crippen LogP contribution in [-0.4, -0.2) is 75.5 Å². The number of esters is 1. The van der Waals surface area contributed by atoms with Crippen molar-refractivity contribution in [2.75, 3.05) is 69.1 Å². The summed E-state index contributed by atoms with van der Waals surface area (Å²) < 4.78 is 21.3. The van der Waals surface area contributed by atoms with Crippen molar-refractivity contribution in [3.63, 3.8) is 0 Å². The molecule has 0 bridgehead atoms. The van der Waals surface area contributed by atoms with E-state index in [1.165, 1.54) is 32.4 Å². The minimum absolute atomic E-state index is 0.0661. The summed E-state index contributed by atoms with van der Waals surface area (Å²) in [6.07, 6.45) is 4.03. The Balaban J connectivity index is 1.53. The first-order valence-corrected chi connectivity index (χ1v) is 14.3. The lowest BCUT2D eigenvalue weighted by molar-refractivity contribution is -0.000263. The van der Waals surface area contributed by atoms with Crippen molar-refractivity contribution < 1.29 is 33.3 Å². The number of hydrogen-bond acceptors (Lipinski definition) is 11. The Hall–Kier alpha value is -5.25. The van der Waals surface area contributed by atoms with Crippen molar-refractivity contribution in [2.45, 2.75) is 32.8 Å². The van der Waals surface area contributed by atoms with E-state index in [1.807, 2.05) is 32.9 Å². The molecular formula is C32H42N6O7. The van der Waals surface area contributed by atoms with Crippen molar-refractivity contribution in [3.8, 4) is 23.3 Å². The molecule has 2 aromatic carbocycles. The van der Waals surface area contributed by atoms with Crippen LogP contribution in [0.4, 0.5) is 27.5 Å². The molecule has 0 spiro atoms. The number of amides is 2. The van der Waals surface area contributed by atoms with Crippen molar-refractivity contribution in [1.29, 1.82) is 0 Å². The third-order valence-corrected chi connectivity index (χ3v) is 6.58. The average Bonchev–Trinajstić information content (AvgIpc) is 2.95. The van der Waals surface area contributed by atoms with Gasteiger partial charge in [0.15, 0.2) is 0 Å². The molecular weight excluding hydrogens is 580 g/mol. The highest BCUT2D eigenvalue weighted by molar-refractivity contribution is 5.96. The van der Waals surface area contributed by atoms with Crippen LogP contribution in [0, 0.1) is 17.8 Å². The smallest absolute Gasteiger partial charge is 0.410 e. The number of methoxy groups -OCH3 is 2. The zero-order valence-corrected chi connectivity index (χ0v) is 26.3. The number of nitrogens with one attached hydrogen (secondary N) is 2. The number of carbonyl (C=O) groups excluding carboxylic acids is 3. The zero-order valence-electron chi connectivity index (χ0n) is 26.3. The second kappa shape index (κ2) is 15.5. The number of ether oxygens (including phenoxy) is 4. The van der Waals surface area contributed by atoms with Crippen molar-refractivity contribution in [2.24, 2.45) is 11.7 Å². The standard InChI is InChI=1S/C32H42N6O7/c1-32(2,3)45-31(41)38-18-20(19-38)10-6-9-13-44-26-16-21(29(35)39)14-23(33)28(26)37-12-8-7-11-36-27-24(34)15-22(30(40)43-5)17-25(27)42-4/h7-8,14-17,20,36-37H,10-13,18-19,33-34H2,1-5H3,(H2,35,39)/b8-7+. The summed E-state index contributed by atoms with van der Waals surface area (Å²) in [7, 11) is 2.77. The van der Waals surface area contributed by atoms with E-state index in [2.05, 4.69) is 22.5 Å². The number of anilines is 4. The highest BCUT2D eigenvalue weighted by Crippen LogP contribution is 2.34. The van der Waals surface area contributed by atoms with Gasteiger partial charge in [0.25, 0.3) is 0 Å². The molecule has 8 N–H and O–H groups in total. The minimum Gasteiger partial charge on any atom is -0.494 e. The fourth-order valence-corrected chi connectivity index (χ4v) is 4.35. The first-order valence-electron chi connectivity index (χ1n) is 14.3. The van der Waals surface area contributed by atoms with E-state index in [0.717, 1.165) is 0 Å². The van der Waals surface area contributed by atoms with Crippen molar-refractivity contribution in [1.82, 2.24) is 4.90 Å². The maximum Gasteiger partial charge on any atom is 0.410 e. The monoisotopic (exact) mass is 622 g/mol. The molecule has 13 nitrogen and oxygen atoms in total. The molecule has 0 aliphatic carbocycles. The number of benzene rings is 2. The number of rotatable bonds is 12. The Kier molecular flexibility index (Phi) is 11.8. The Morgan fingerprint density at radius 1 is 0.933 bits per heavy atom. The molecule has 242 valence electrons. The molecule has 1 fully saturated rings. The minimum atomic E-state index is -0.635. The third-order valence-electron chi connectivity index (χ3n) is 6.58. The van der Waals surface area contributed by atoms with E-state index < -0.39 is 17.5 Å². The molecule has 0 unspecified atom stereocenters. The molecule has 2 aromatic rings. The maximum absolute atomic E-state index is 12.1. The molecule has 13 heteroatoms. The van der Waals surface area contributed by atoms with Gasteiger partial charge >= 0.3 is 12.1 Å². The number of hydrogen-bond donors (Lipinski definition) is 5. The molecule has 1 aliphatic heterocycles. The number of carbonyl (C=O) groups is 3. The molecule has 1 heterocycles. The van der Waals surface area contributed by atoms with Gasteiger partial charge in [-0.15, -0.1) is 0 Å². The number of nitrogens with zero attached hydrogens (tertiary/aromatic N) is 1. The molecule has 2 amide bonds. The lowest BCUT2D eigenvalue weighted by Crippen LogP contribution is -2.51. The van der Waals surface area contributed by atoms with Crippen LogP contribution in [0.25, 0.3) is 0 Å². The second-order valence-electron chi connectivity index (χ2n) is 11.3. The number of primary amides is 1. The average molecular weight is 623 g/mol. The van der Waals surface area contributed by atoms with Crippen molar-refractivity contribution >= 4 is 40.7 Å². The third kappa shape index (κ3) is 9.89. The lowest BCUT2D eigenvalue weighted by atomic mass is 9.97. The van der Waals surface area contributed by atoms with E-state index in [-0.39, 0.29) is 29.7 Å². The summed E-state index contributed by atoms with van der Waals surface area (Å²) in [6.45, 7) is 7.56. The Morgan fingerprint density at radius 2 is 1.51 bits per heavy atom. The number of nitrogens with two attached hydrogens (primary N) is 3. The second-order valence-corrected chi connectivity index (χ2v) is 11.3. The van der Waals surface area contributed by atoms with Gasteiger partial charge in [-0.05, 0) is 45.0 Å². The Bertz CT molecular complexity index is 1480. The number of likely N-dealkylation sites (tertiary alicyclic amines) is 1. The van der Waals surface area contributed by atoms with Gasteiger partial charge in [-0.1, -0.05) is 24.0 Å². The predicted molar refractivity (Wildman–Crippen MR) is 173 cm³/mol. The fourth-order valence-electron chi connectivity index (χ4n) is 4.35. The predicted octanol–water partition coefficient (Wildman–Crippen LogP) is 3.46. The van der Waals surface area contributed by atoms with Gasteiger partial charge in [0.2, 0.25) is 5.91 Å². The van der Waals surface area contributed by atoms with Gasteiger partial charge in [0.05, 0.1) is 31.2 Å². The van der Waals surface area contributed by atoms with Crippen LogP contribution < -0.4 is 37.3 Å². The summed E-state index contributed by atoms with van der Waals surface area (Å²) in [4.78, 5) is 37.4. The van der Waals surface area contributed by atoms with Crippen LogP contribution in [-0.2, 0) is 9.47 Å². The summed E-state index contributed by atoms with van der Waals surface area (Å²) in [5.41, 5.74) is 19.4. The fraction of sp³-hybridized carbons (Fsp3) is 0.406. The summed E-state index contributed by atoms with van der Waals surface area (Å²) in [5, 5.41) is 6.37. The van der Waals surface area contributed by atoms with Crippen molar-refractivity contribution in [3.05, 3.63) is 47.5 Å². The van der Waals surface area contributed by atoms with Crippen LogP contribution in [0.1, 0.15) is 47.9 Å². The van der Waals surface area contributed by atoms with E-state index in [4.69, 9.17) is 36.1 Å². The highest BCUT2D eigenvalue weighted by atomic mass is 16.6. The van der Waals surface area contributed by atoms with Gasteiger partial charge in [-0.2, -0.15) is 0 Å². The van der Waals surface area contributed by atoms with Crippen LogP contribution in [0.3, 0.4) is 0 Å². The maximum atomic E-state index is 12.1. The molecule has 0 atom stereocenters. The quantitative estimate of drug-likeness (QED) is 0.101. The first-order chi connectivity index (χ1) is 21.3. The summed E-state index contributed by atoms with van der Waals surface area (Å²) >= 11 is 0. The lowest BCUT2D eigenvalue weighted by Gasteiger charge is -2.39. The zero-order chi connectivity index (χ0) is 33.1. The van der Waals surface area contributed by atoms with E-state index in [0.29, 0.717) is 66.8 Å². The largest absolute Gasteiger partial charge is 0.494 e. The van der Waals surface area contributed by atoms with E-state index in [9.17, 15) is 14.4 Å². The van der Waals surface area contributed by atoms with Crippen LogP contribution >= 0.6 is 0 Å². The topological polar surface area (TPSA) is 193 Å². The van der Waals surface area contributed by atoms with Gasteiger partial charge in [-0.25, -0.2) is 9.59 Å². The van der Waals surface area contributed by atoms with Gasteiger partial charge in [-0.3, -0.25) is 4.79 Å². The molecule has 45 heavy (non-hydrogen) atoms. The summed E-state index contributed by atoms with van der Waals surface area (Å²) in [6, 6.07) is 6.06. The van der Waals surface area contributed by atoms with Crippen LogP contribution in [0.15, 0.2) is 36.4 Å². The van der Waals surface area contributed by atoms with E-state index in [1.54, 1.807) is 11.0 Å². The molecule has 0 saturated carbocycles. The molecule has 3 rings (SSSR count). The molecule has 1 saturated heterocycles. The highest BCUT2D eigenvalue weighted by Gasteiger charge is 2.33. The number of nitrogen functional groups attached to an aromatic ring is 2.